The Labute approximate surface area is 78.5 Å². The van der Waals surface area contributed by atoms with Crippen molar-refractivity contribution < 1.29 is 4.79 Å². The second-order valence-corrected chi connectivity index (χ2v) is 4.69. The van der Waals surface area contributed by atoms with Crippen LogP contribution in [-0.4, -0.2) is 30.1 Å². The lowest BCUT2D eigenvalue weighted by Gasteiger charge is -2.30. The molecule has 72 valence electrons. The van der Waals surface area contributed by atoms with E-state index in [1.807, 2.05) is 0 Å². The Kier molecular flexibility index (Phi) is 1.62. The van der Waals surface area contributed by atoms with Crippen molar-refractivity contribution in [2.24, 2.45) is 11.8 Å². The summed E-state index contributed by atoms with van der Waals surface area (Å²) in [6.07, 6.45) is 5.43. The van der Waals surface area contributed by atoms with Gasteiger partial charge in [0.25, 0.3) is 0 Å². The van der Waals surface area contributed by atoms with Gasteiger partial charge in [0, 0.05) is 6.04 Å². The molecule has 3 nitrogen and oxygen atoms in total. The number of nitrogens with zero attached hydrogens (tertiary/aromatic N) is 1. The Bertz CT molecular complexity index is 241. The summed E-state index contributed by atoms with van der Waals surface area (Å²) in [7, 11) is 0. The van der Waals surface area contributed by atoms with Crippen LogP contribution in [0.3, 0.4) is 0 Å². The molecule has 2 bridgehead atoms. The van der Waals surface area contributed by atoms with Gasteiger partial charge in [-0.1, -0.05) is 6.42 Å². The largest absolute Gasteiger partial charge is 0.326 e. The third kappa shape index (κ3) is 1.10. The maximum Gasteiger partial charge on any atom is 0.237 e. The fourth-order valence-electron chi connectivity index (χ4n) is 3.37. The number of carbonyl (C=O) groups is 1. The first-order valence-corrected chi connectivity index (χ1v) is 5.35. The van der Waals surface area contributed by atoms with Gasteiger partial charge in [-0.15, -0.1) is 0 Å². The molecule has 0 spiro atoms. The van der Waals surface area contributed by atoms with E-state index in [-0.39, 0.29) is 0 Å². The molecule has 0 aromatic heterocycles. The number of carbonyl (C=O) groups excluding carboxylic acids is 1. The number of hydrogen-bond donors (Lipinski definition) is 1. The minimum absolute atomic E-state index is 0.317. The van der Waals surface area contributed by atoms with Crippen molar-refractivity contribution in [2.45, 2.75) is 31.7 Å². The maximum atomic E-state index is 11.5. The standard InChI is InChI=1S/C10H16N2O/c13-10-5-11-6-12(10)9-4-7-1-2-8(9)3-7/h7-9,11H,1-6H2. The maximum absolute atomic E-state index is 11.5. The summed E-state index contributed by atoms with van der Waals surface area (Å²) in [4.78, 5) is 13.6. The molecule has 1 heterocycles. The van der Waals surface area contributed by atoms with Crippen LogP contribution < -0.4 is 5.32 Å². The highest BCUT2D eigenvalue weighted by molar-refractivity contribution is 5.80. The first kappa shape index (κ1) is 7.80. The summed E-state index contributed by atoms with van der Waals surface area (Å²) in [5, 5.41) is 3.13. The quantitative estimate of drug-likeness (QED) is 0.639. The molecule has 2 saturated carbocycles. The lowest BCUT2D eigenvalue weighted by atomic mass is 9.94. The van der Waals surface area contributed by atoms with Crippen LogP contribution in [0.5, 0.6) is 0 Å². The first-order valence-electron chi connectivity index (χ1n) is 5.35. The van der Waals surface area contributed by atoms with Crippen LogP contribution in [0.2, 0.25) is 0 Å². The van der Waals surface area contributed by atoms with Crippen molar-refractivity contribution in [1.82, 2.24) is 10.2 Å². The molecule has 0 radical (unpaired) electrons. The van der Waals surface area contributed by atoms with Crippen molar-refractivity contribution >= 4 is 5.91 Å². The summed E-state index contributed by atoms with van der Waals surface area (Å²) in [5.41, 5.74) is 0. The highest BCUT2D eigenvalue weighted by Gasteiger charge is 2.44. The lowest BCUT2D eigenvalue weighted by molar-refractivity contribution is -0.129. The van der Waals surface area contributed by atoms with Crippen molar-refractivity contribution in [3.63, 3.8) is 0 Å². The second-order valence-electron chi connectivity index (χ2n) is 4.69. The molecule has 3 fully saturated rings. The number of fused-ring (bicyclic) bond motifs is 2. The predicted octanol–water partition coefficient (Wildman–Crippen LogP) is 0.564. The predicted molar refractivity (Wildman–Crippen MR) is 49.0 cm³/mol. The van der Waals surface area contributed by atoms with Gasteiger partial charge < -0.3 is 4.90 Å². The molecule has 3 atom stereocenters. The monoisotopic (exact) mass is 180 g/mol. The van der Waals surface area contributed by atoms with E-state index < -0.39 is 0 Å². The van der Waals surface area contributed by atoms with E-state index in [2.05, 4.69) is 10.2 Å². The molecule has 1 aliphatic heterocycles. The minimum Gasteiger partial charge on any atom is -0.326 e. The van der Waals surface area contributed by atoms with Crippen LogP contribution in [0.4, 0.5) is 0 Å². The van der Waals surface area contributed by atoms with Crippen LogP contribution >= 0.6 is 0 Å². The number of amides is 1. The molecule has 0 aromatic rings. The van der Waals surface area contributed by atoms with Gasteiger partial charge in [0.2, 0.25) is 5.91 Å². The van der Waals surface area contributed by atoms with Crippen molar-refractivity contribution in [3.05, 3.63) is 0 Å². The van der Waals surface area contributed by atoms with E-state index in [4.69, 9.17) is 0 Å². The van der Waals surface area contributed by atoms with Gasteiger partial charge in [0.1, 0.15) is 0 Å². The van der Waals surface area contributed by atoms with Crippen LogP contribution in [0.15, 0.2) is 0 Å². The van der Waals surface area contributed by atoms with Crippen molar-refractivity contribution in [1.29, 1.82) is 0 Å². The van der Waals surface area contributed by atoms with Crippen molar-refractivity contribution in [2.75, 3.05) is 13.2 Å². The van der Waals surface area contributed by atoms with E-state index in [0.717, 1.165) is 18.5 Å². The zero-order chi connectivity index (χ0) is 8.84. The minimum atomic E-state index is 0.317. The summed E-state index contributed by atoms with van der Waals surface area (Å²) in [6.45, 7) is 1.36. The van der Waals surface area contributed by atoms with Crippen molar-refractivity contribution in [3.8, 4) is 0 Å². The zero-order valence-electron chi connectivity index (χ0n) is 7.83. The number of rotatable bonds is 1. The average Bonchev–Trinajstić information content (AvgIpc) is 2.77. The third-order valence-corrected chi connectivity index (χ3v) is 3.98. The molecule has 13 heavy (non-hydrogen) atoms. The van der Waals surface area contributed by atoms with Crippen LogP contribution in [0, 0.1) is 11.8 Å². The van der Waals surface area contributed by atoms with Gasteiger partial charge in [-0.05, 0) is 31.1 Å². The second kappa shape index (κ2) is 2.71. The molecule has 0 aromatic carbocycles. The van der Waals surface area contributed by atoms with Crippen LogP contribution in [0.1, 0.15) is 25.7 Å². The highest BCUT2D eigenvalue weighted by Crippen LogP contribution is 2.46. The Morgan fingerprint density at radius 3 is 2.77 bits per heavy atom. The van der Waals surface area contributed by atoms with Crippen LogP contribution in [-0.2, 0) is 4.79 Å². The number of hydrogen-bond acceptors (Lipinski definition) is 2. The topological polar surface area (TPSA) is 32.3 Å². The SMILES string of the molecule is O=C1CNCN1C1CC2CCC1C2. The molecule has 3 aliphatic rings. The molecule has 1 amide bonds. The highest BCUT2D eigenvalue weighted by atomic mass is 16.2. The van der Waals surface area contributed by atoms with Crippen LogP contribution in [0.25, 0.3) is 0 Å². The molecular formula is C10H16N2O. The molecule has 3 heteroatoms. The Morgan fingerprint density at radius 2 is 2.23 bits per heavy atom. The van der Waals surface area contributed by atoms with Gasteiger partial charge in [-0.2, -0.15) is 0 Å². The van der Waals surface area contributed by atoms with Gasteiger partial charge in [0.15, 0.2) is 0 Å². The fraction of sp³-hybridized carbons (Fsp3) is 0.900. The summed E-state index contributed by atoms with van der Waals surface area (Å²) in [5.74, 6) is 2.08. The van der Waals surface area contributed by atoms with E-state index in [1.165, 1.54) is 25.7 Å². The van der Waals surface area contributed by atoms with E-state index >= 15 is 0 Å². The Morgan fingerprint density at radius 1 is 1.31 bits per heavy atom. The van der Waals surface area contributed by atoms with Gasteiger partial charge in [0.05, 0.1) is 13.2 Å². The Hall–Kier alpha value is -0.570. The zero-order valence-corrected chi connectivity index (χ0v) is 7.83. The average molecular weight is 180 g/mol. The molecular weight excluding hydrogens is 164 g/mol. The van der Waals surface area contributed by atoms with Gasteiger partial charge in [-0.25, -0.2) is 0 Å². The third-order valence-electron chi connectivity index (χ3n) is 3.98. The van der Waals surface area contributed by atoms with Gasteiger partial charge in [-0.3, -0.25) is 10.1 Å². The molecule has 2 aliphatic carbocycles. The molecule has 1 N–H and O–H groups in total. The molecule has 1 saturated heterocycles. The van der Waals surface area contributed by atoms with E-state index in [9.17, 15) is 4.79 Å². The number of nitrogens with one attached hydrogen (secondary N) is 1. The first-order chi connectivity index (χ1) is 6.34. The summed E-state index contributed by atoms with van der Waals surface area (Å²) >= 11 is 0. The summed E-state index contributed by atoms with van der Waals surface area (Å²) < 4.78 is 0. The van der Waals surface area contributed by atoms with E-state index in [0.29, 0.717) is 18.5 Å². The van der Waals surface area contributed by atoms with Gasteiger partial charge >= 0.3 is 0 Å². The lowest BCUT2D eigenvalue weighted by Crippen LogP contribution is -2.40. The molecule has 3 unspecified atom stereocenters. The van der Waals surface area contributed by atoms with E-state index in [1.54, 1.807) is 0 Å². The molecule has 3 rings (SSSR count). The smallest absolute Gasteiger partial charge is 0.237 e. The summed E-state index contributed by atoms with van der Waals surface area (Å²) in [6, 6.07) is 0.584. The Balaban J connectivity index is 1.75. The fourth-order valence-corrected chi connectivity index (χ4v) is 3.37. The normalized spacial score (nSPS) is 43.5.